The van der Waals surface area contributed by atoms with Crippen LogP contribution in [-0.4, -0.2) is 50.3 Å². The molecule has 2 N–H and O–H groups in total. The monoisotopic (exact) mass is 289 g/mol. The highest BCUT2D eigenvalue weighted by Gasteiger charge is 2.36. The Morgan fingerprint density at radius 3 is 2.21 bits per heavy atom. The zero-order valence-corrected chi connectivity index (χ0v) is 12.8. The van der Waals surface area contributed by atoms with Crippen molar-refractivity contribution in [3.63, 3.8) is 0 Å². The maximum absolute atomic E-state index is 5.38. The Balaban J connectivity index is 2.11. The molecule has 0 aliphatic rings. The van der Waals surface area contributed by atoms with Gasteiger partial charge in [-0.1, -0.05) is 17.9 Å². The number of hydrogen-bond donors (Lipinski definition) is 1. The summed E-state index contributed by atoms with van der Waals surface area (Å²) in [5, 5.41) is 11.3. The Bertz CT molecular complexity index is 350. The van der Waals surface area contributed by atoms with Gasteiger partial charge in [0.2, 0.25) is 0 Å². The predicted octanol–water partition coefficient (Wildman–Crippen LogP) is 0.694. The fourth-order valence-corrected chi connectivity index (χ4v) is 3.65. The van der Waals surface area contributed by atoms with Gasteiger partial charge in [-0.2, -0.15) is 4.80 Å². The first-order chi connectivity index (χ1) is 9.15. The zero-order valence-electron chi connectivity index (χ0n) is 11.8. The highest BCUT2D eigenvalue weighted by molar-refractivity contribution is 6.60. The van der Waals surface area contributed by atoms with Crippen LogP contribution in [-0.2, 0) is 19.8 Å². The lowest BCUT2D eigenvalue weighted by Crippen LogP contribution is -2.42. The zero-order chi connectivity index (χ0) is 14.1. The summed E-state index contributed by atoms with van der Waals surface area (Å²) in [6.07, 6.45) is 4.20. The van der Waals surface area contributed by atoms with E-state index in [0.717, 1.165) is 38.3 Å². The van der Waals surface area contributed by atoms with Crippen molar-refractivity contribution in [2.75, 3.05) is 27.1 Å². The first-order valence-electron chi connectivity index (χ1n) is 6.34. The van der Waals surface area contributed by atoms with Crippen LogP contribution >= 0.6 is 0 Å². The number of rotatable bonds is 10. The van der Waals surface area contributed by atoms with Crippen molar-refractivity contribution in [3.05, 3.63) is 0 Å². The molecule has 0 amide bonds. The van der Waals surface area contributed by atoms with Crippen molar-refractivity contribution in [2.24, 2.45) is 0 Å². The van der Waals surface area contributed by atoms with Gasteiger partial charge < -0.3 is 19.0 Å². The van der Waals surface area contributed by atoms with E-state index >= 15 is 0 Å². The lowest BCUT2D eigenvalue weighted by molar-refractivity contribution is 0.122. The Labute approximate surface area is 114 Å². The number of unbranched alkanes of at least 4 members (excludes halogenated alkanes) is 3. The third kappa shape index (κ3) is 5.23. The molecule has 0 saturated heterocycles. The molecule has 110 valence electrons. The van der Waals surface area contributed by atoms with Gasteiger partial charge in [-0.3, -0.25) is 0 Å². The number of nitrogens with zero attached hydrogens (tertiary/aromatic N) is 4. The van der Waals surface area contributed by atoms with E-state index in [4.69, 9.17) is 19.0 Å². The molecule has 1 aromatic rings. The molecule has 0 aliphatic carbocycles. The van der Waals surface area contributed by atoms with Crippen LogP contribution in [0.5, 0.6) is 0 Å². The van der Waals surface area contributed by atoms with Gasteiger partial charge in [-0.15, -0.1) is 5.10 Å². The molecule has 0 aliphatic heterocycles. The normalized spacial score (nSPS) is 11.9. The van der Waals surface area contributed by atoms with Crippen LogP contribution in [0.4, 0.5) is 5.95 Å². The predicted molar refractivity (Wildman–Crippen MR) is 72.3 cm³/mol. The van der Waals surface area contributed by atoms with Crippen LogP contribution in [0.15, 0.2) is 0 Å². The first kappa shape index (κ1) is 16.0. The number of tetrazole rings is 1. The van der Waals surface area contributed by atoms with Gasteiger partial charge in [0.25, 0.3) is 5.95 Å². The fourth-order valence-electron chi connectivity index (χ4n) is 1.85. The van der Waals surface area contributed by atoms with Crippen molar-refractivity contribution in [1.82, 2.24) is 20.2 Å². The minimum Gasteiger partial charge on any atom is -0.377 e. The molecule has 1 rings (SSSR count). The molecule has 0 bridgehead atoms. The van der Waals surface area contributed by atoms with Crippen molar-refractivity contribution < 1.29 is 13.3 Å². The van der Waals surface area contributed by atoms with Crippen molar-refractivity contribution in [1.29, 1.82) is 0 Å². The Morgan fingerprint density at radius 2 is 1.68 bits per heavy atom. The van der Waals surface area contributed by atoms with E-state index in [1.165, 1.54) is 4.80 Å². The third-order valence-electron chi connectivity index (χ3n) is 2.99. The number of aryl methyl sites for hydroxylation is 1. The molecular formula is C10H23N5O3Si. The highest BCUT2D eigenvalue weighted by Crippen LogP contribution is 2.17. The molecule has 0 radical (unpaired) electrons. The first-order valence-corrected chi connectivity index (χ1v) is 8.27. The Kier molecular flexibility index (Phi) is 6.92. The van der Waals surface area contributed by atoms with Crippen LogP contribution in [0, 0.1) is 0 Å². The summed E-state index contributed by atoms with van der Waals surface area (Å²) >= 11 is 0. The van der Waals surface area contributed by atoms with Crippen molar-refractivity contribution in [3.8, 4) is 0 Å². The Morgan fingerprint density at radius 1 is 1.05 bits per heavy atom. The molecule has 1 aromatic heterocycles. The summed E-state index contributed by atoms with van der Waals surface area (Å²) in [5.41, 5.74) is 5.38. The number of nitrogens with two attached hydrogens (primary N) is 1. The van der Waals surface area contributed by atoms with Gasteiger partial charge in [-0.25, -0.2) is 0 Å². The van der Waals surface area contributed by atoms with E-state index in [2.05, 4.69) is 15.4 Å². The summed E-state index contributed by atoms with van der Waals surface area (Å²) in [6, 6.07) is 0.838. The smallest absolute Gasteiger partial charge is 0.377 e. The number of hydrogen-bond acceptors (Lipinski definition) is 7. The summed E-state index contributed by atoms with van der Waals surface area (Å²) in [6.45, 7) is 0.742. The molecule has 0 aromatic carbocycles. The lowest BCUT2D eigenvalue weighted by Gasteiger charge is -2.24. The van der Waals surface area contributed by atoms with Crippen LogP contribution in [0.2, 0.25) is 6.04 Å². The Hall–Kier alpha value is -1.03. The molecule has 19 heavy (non-hydrogen) atoms. The molecular weight excluding hydrogens is 266 g/mol. The standard InChI is InChI=1S/C10H23N5O3Si/c1-16-19(17-2,18-3)9-7-5-4-6-8-15-13-10(11)12-14-15/h4-9H2,1-3H3,(H2,11,13). The number of anilines is 1. The van der Waals surface area contributed by atoms with Crippen LogP contribution in [0.1, 0.15) is 25.7 Å². The van der Waals surface area contributed by atoms with Gasteiger partial charge >= 0.3 is 8.80 Å². The van der Waals surface area contributed by atoms with Crippen LogP contribution in [0.25, 0.3) is 0 Å². The molecule has 0 spiro atoms. The summed E-state index contributed by atoms with van der Waals surface area (Å²) in [4.78, 5) is 1.52. The van der Waals surface area contributed by atoms with E-state index < -0.39 is 8.80 Å². The molecule has 0 fully saturated rings. The number of nitrogen functional groups attached to an aromatic ring is 1. The van der Waals surface area contributed by atoms with Crippen molar-refractivity contribution >= 4 is 14.8 Å². The molecule has 0 saturated carbocycles. The quantitative estimate of drug-likeness (QED) is 0.500. The summed E-state index contributed by atoms with van der Waals surface area (Å²) in [5.74, 6) is 0.219. The largest absolute Gasteiger partial charge is 0.500 e. The summed E-state index contributed by atoms with van der Waals surface area (Å²) < 4.78 is 16.1. The van der Waals surface area contributed by atoms with E-state index in [-0.39, 0.29) is 5.95 Å². The van der Waals surface area contributed by atoms with Gasteiger partial charge in [0.1, 0.15) is 0 Å². The van der Waals surface area contributed by atoms with Crippen LogP contribution < -0.4 is 5.73 Å². The van der Waals surface area contributed by atoms with Gasteiger partial charge in [0.15, 0.2) is 0 Å². The lowest BCUT2D eigenvalue weighted by atomic mass is 10.2. The third-order valence-corrected chi connectivity index (χ3v) is 5.82. The van der Waals surface area contributed by atoms with E-state index in [9.17, 15) is 0 Å². The number of aromatic nitrogens is 4. The van der Waals surface area contributed by atoms with E-state index in [0.29, 0.717) is 0 Å². The second-order valence-electron chi connectivity index (χ2n) is 4.20. The van der Waals surface area contributed by atoms with Crippen molar-refractivity contribution in [2.45, 2.75) is 38.3 Å². The second-order valence-corrected chi connectivity index (χ2v) is 7.29. The maximum Gasteiger partial charge on any atom is 0.500 e. The minimum absolute atomic E-state index is 0.219. The highest BCUT2D eigenvalue weighted by atomic mass is 28.4. The summed E-state index contributed by atoms with van der Waals surface area (Å²) in [7, 11) is 2.52. The second kappa shape index (κ2) is 8.20. The topological polar surface area (TPSA) is 97.3 Å². The van der Waals surface area contributed by atoms with Crippen LogP contribution in [0.3, 0.4) is 0 Å². The molecule has 9 heteroatoms. The molecule has 8 nitrogen and oxygen atoms in total. The van der Waals surface area contributed by atoms with Gasteiger partial charge in [0, 0.05) is 27.4 Å². The van der Waals surface area contributed by atoms with Gasteiger partial charge in [0.05, 0.1) is 6.54 Å². The molecule has 1 heterocycles. The van der Waals surface area contributed by atoms with E-state index in [1.807, 2.05) is 0 Å². The maximum atomic E-state index is 5.38. The average Bonchev–Trinajstić information content (AvgIpc) is 2.85. The van der Waals surface area contributed by atoms with E-state index in [1.54, 1.807) is 21.3 Å². The molecule has 0 unspecified atom stereocenters. The van der Waals surface area contributed by atoms with Gasteiger partial charge in [-0.05, 0) is 18.1 Å². The minimum atomic E-state index is -2.39. The average molecular weight is 289 g/mol. The fraction of sp³-hybridized carbons (Fsp3) is 0.900. The molecule has 0 atom stereocenters. The SMILES string of the molecule is CO[Si](CCCCCCn1nnc(N)n1)(OC)OC.